The molecule has 0 spiro atoms. The van der Waals surface area contributed by atoms with Gasteiger partial charge in [0.1, 0.15) is 17.7 Å². The van der Waals surface area contributed by atoms with Crippen molar-refractivity contribution < 1.29 is 23.2 Å². The minimum absolute atomic E-state index is 0. The zero-order chi connectivity index (χ0) is 28.5. The number of nitrogens with zero attached hydrogens (tertiary/aromatic N) is 3. The summed E-state index contributed by atoms with van der Waals surface area (Å²) in [6, 6.07) is 2.85. The van der Waals surface area contributed by atoms with Gasteiger partial charge in [-0.3, -0.25) is 19.3 Å². The van der Waals surface area contributed by atoms with Gasteiger partial charge < -0.3 is 15.1 Å². The van der Waals surface area contributed by atoms with Crippen molar-refractivity contribution in [3.63, 3.8) is 0 Å². The van der Waals surface area contributed by atoms with Gasteiger partial charge in [-0.05, 0) is 51.7 Å². The van der Waals surface area contributed by atoms with Crippen molar-refractivity contribution in [3.8, 4) is 0 Å². The summed E-state index contributed by atoms with van der Waals surface area (Å²) in [4.78, 5) is 45.1. The summed E-state index contributed by atoms with van der Waals surface area (Å²) in [6.07, 6.45) is 5.16. The number of hydrogen-bond acceptors (Lipinski definition) is 4. The van der Waals surface area contributed by atoms with Crippen LogP contribution in [-0.2, 0) is 14.4 Å². The smallest absolute Gasteiger partial charge is 0.245 e. The summed E-state index contributed by atoms with van der Waals surface area (Å²) in [5.41, 5.74) is 0.159. The molecule has 0 radical (unpaired) electrons. The molecule has 224 valence electrons. The van der Waals surface area contributed by atoms with Crippen LogP contribution in [0.1, 0.15) is 78.2 Å². The highest BCUT2D eigenvalue weighted by atomic mass is 35.5. The molecule has 3 amide bonds. The van der Waals surface area contributed by atoms with E-state index < -0.39 is 23.6 Å². The summed E-state index contributed by atoms with van der Waals surface area (Å²) in [5, 5.41) is 2.87. The summed E-state index contributed by atoms with van der Waals surface area (Å²) in [7, 11) is 0. The van der Waals surface area contributed by atoms with E-state index in [0.717, 1.165) is 18.9 Å². The largest absolute Gasteiger partial charge is 0.345 e. The first-order valence-corrected chi connectivity index (χ1v) is 14.4. The molecule has 1 aromatic carbocycles. The van der Waals surface area contributed by atoms with Gasteiger partial charge in [-0.2, -0.15) is 0 Å². The van der Waals surface area contributed by atoms with E-state index in [1.54, 1.807) is 4.90 Å². The van der Waals surface area contributed by atoms with Gasteiger partial charge in [-0.1, -0.05) is 31.7 Å². The maximum absolute atomic E-state index is 14.9. The Morgan fingerprint density at radius 2 is 1.73 bits per heavy atom. The number of nitrogens with one attached hydrogen (secondary N) is 1. The normalized spacial score (nSPS) is 25.0. The number of likely N-dealkylation sites (tertiary alicyclic amines) is 1. The van der Waals surface area contributed by atoms with Crippen molar-refractivity contribution in [1.82, 2.24) is 20.0 Å². The van der Waals surface area contributed by atoms with Crippen LogP contribution in [0.2, 0.25) is 0 Å². The molecule has 0 bridgehead atoms. The Morgan fingerprint density at radius 3 is 2.30 bits per heavy atom. The van der Waals surface area contributed by atoms with Gasteiger partial charge in [-0.15, -0.1) is 12.4 Å². The van der Waals surface area contributed by atoms with Crippen LogP contribution in [0.25, 0.3) is 0 Å². The standard InChI is InChI=1S/C30H44F2N4O3.ClH/c1-19-16-34(29(39)27(33-20(2)37)14-21-8-6-7-9-21)12-13-36(19)28(38)25-18-35(30(3,4)5)17-24(25)23-11-10-22(31)15-26(23)32;/h10-11,15,19,21,24-25,27H,6-9,12-14,16-18H2,1-5H3,(H,33,37);1H/t19-,24-,25+,27-;/m0./s1. The van der Waals surface area contributed by atoms with Crippen LogP contribution in [0, 0.1) is 23.5 Å². The molecule has 10 heteroatoms. The molecular weight excluding hydrogens is 538 g/mol. The molecule has 2 aliphatic heterocycles. The fourth-order valence-electron chi connectivity index (χ4n) is 6.68. The van der Waals surface area contributed by atoms with Gasteiger partial charge in [0.2, 0.25) is 17.7 Å². The monoisotopic (exact) mass is 582 g/mol. The van der Waals surface area contributed by atoms with Crippen molar-refractivity contribution in [2.24, 2.45) is 11.8 Å². The number of piperazine rings is 1. The van der Waals surface area contributed by atoms with E-state index in [2.05, 4.69) is 31.0 Å². The Balaban J connectivity index is 0.00000441. The first-order chi connectivity index (χ1) is 18.3. The quantitative estimate of drug-likeness (QED) is 0.541. The number of hydrogen-bond donors (Lipinski definition) is 1. The Labute approximate surface area is 243 Å². The Bertz CT molecular complexity index is 1080. The van der Waals surface area contributed by atoms with E-state index >= 15 is 0 Å². The molecule has 3 aliphatic rings. The lowest BCUT2D eigenvalue weighted by Gasteiger charge is -2.42. The zero-order valence-corrected chi connectivity index (χ0v) is 25.2. The minimum Gasteiger partial charge on any atom is -0.345 e. The minimum atomic E-state index is -0.635. The maximum atomic E-state index is 14.9. The van der Waals surface area contributed by atoms with Crippen LogP contribution in [0.5, 0.6) is 0 Å². The fourth-order valence-corrected chi connectivity index (χ4v) is 6.68. The van der Waals surface area contributed by atoms with Crippen molar-refractivity contribution in [3.05, 3.63) is 35.4 Å². The van der Waals surface area contributed by atoms with E-state index in [1.807, 2.05) is 11.8 Å². The molecule has 2 saturated heterocycles. The van der Waals surface area contributed by atoms with Crippen LogP contribution in [-0.4, -0.2) is 82.8 Å². The van der Waals surface area contributed by atoms with Crippen molar-refractivity contribution >= 4 is 30.1 Å². The summed E-state index contributed by atoms with van der Waals surface area (Å²) >= 11 is 0. The topological polar surface area (TPSA) is 73.0 Å². The van der Waals surface area contributed by atoms with Gasteiger partial charge >= 0.3 is 0 Å². The van der Waals surface area contributed by atoms with E-state index in [-0.39, 0.29) is 47.6 Å². The number of benzene rings is 1. The van der Waals surface area contributed by atoms with Crippen molar-refractivity contribution in [2.45, 2.75) is 90.3 Å². The molecule has 2 heterocycles. The molecule has 1 saturated carbocycles. The molecule has 3 fully saturated rings. The number of carbonyl (C=O) groups is 3. The maximum Gasteiger partial charge on any atom is 0.245 e. The molecule has 4 rings (SSSR count). The lowest BCUT2D eigenvalue weighted by molar-refractivity contribution is -0.147. The van der Waals surface area contributed by atoms with Gasteiger partial charge in [0.25, 0.3) is 0 Å². The van der Waals surface area contributed by atoms with E-state index in [0.29, 0.717) is 50.6 Å². The number of amides is 3. The molecule has 1 aromatic rings. The molecular formula is C30H45ClF2N4O3. The molecule has 40 heavy (non-hydrogen) atoms. The van der Waals surface area contributed by atoms with Gasteiger partial charge in [-0.25, -0.2) is 8.78 Å². The second-order valence-electron chi connectivity index (χ2n) is 12.8. The first kappa shape index (κ1) is 32.3. The van der Waals surface area contributed by atoms with E-state index in [4.69, 9.17) is 0 Å². The lowest BCUT2D eigenvalue weighted by atomic mass is 9.87. The molecule has 4 atom stereocenters. The third kappa shape index (κ3) is 7.32. The van der Waals surface area contributed by atoms with Crippen LogP contribution in [0.15, 0.2) is 18.2 Å². The van der Waals surface area contributed by atoms with Gasteiger partial charge in [0.15, 0.2) is 0 Å². The van der Waals surface area contributed by atoms with Crippen LogP contribution < -0.4 is 5.32 Å². The Kier molecular flexibility index (Phi) is 10.6. The number of carbonyl (C=O) groups excluding carboxylic acids is 3. The van der Waals surface area contributed by atoms with Gasteiger partial charge in [0.05, 0.1) is 5.92 Å². The van der Waals surface area contributed by atoms with Crippen LogP contribution >= 0.6 is 12.4 Å². The highest BCUT2D eigenvalue weighted by Gasteiger charge is 2.46. The van der Waals surface area contributed by atoms with Crippen LogP contribution in [0.4, 0.5) is 8.78 Å². The summed E-state index contributed by atoms with van der Waals surface area (Å²) < 4.78 is 28.5. The Morgan fingerprint density at radius 1 is 1.05 bits per heavy atom. The third-order valence-electron chi connectivity index (χ3n) is 8.89. The average Bonchev–Trinajstić information content (AvgIpc) is 3.53. The average molecular weight is 583 g/mol. The molecule has 0 aromatic heterocycles. The van der Waals surface area contributed by atoms with Crippen molar-refractivity contribution in [1.29, 1.82) is 0 Å². The SMILES string of the molecule is CC(=O)N[C@@H](CC1CCCC1)C(=O)N1CCN(C(=O)[C@@H]2CN(C(C)(C)C)C[C@H]2c2ccc(F)cc2F)[C@@H](C)C1.Cl. The lowest BCUT2D eigenvalue weighted by Crippen LogP contribution is -2.60. The van der Waals surface area contributed by atoms with Crippen molar-refractivity contribution in [2.75, 3.05) is 32.7 Å². The predicted molar refractivity (Wildman–Crippen MR) is 153 cm³/mol. The first-order valence-electron chi connectivity index (χ1n) is 14.4. The van der Waals surface area contributed by atoms with E-state index in [9.17, 15) is 23.2 Å². The van der Waals surface area contributed by atoms with Gasteiger partial charge in [0, 0.05) is 63.2 Å². The molecule has 0 unspecified atom stereocenters. The zero-order valence-electron chi connectivity index (χ0n) is 24.4. The van der Waals surface area contributed by atoms with Crippen LogP contribution in [0.3, 0.4) is 0 Å². The highest BCUT2D eigenvalue weighted by Crippen LogP contribution is 2.39. The molecule has 1 aliphatic carbocycles. The number of rotatable bonds is 6. The molecule has 1 N–H and O–H groups in total. The second-order valence-corrected chi connectivity index (χ2v) is 12.8. The Hall–Kier alpha value is -2.26. The summed E-state index contributed by atoms with van der Waals surface area (Å²) in [6.45, 7) is 11.7. The highest BCUT2D eigenvalue weighted by molar-refractivity contribution is 5.87. The predicted octanol–water partition coefficient (Wildman–Crippen LogP) is 4.34. The number of halogens is 3. The van der Waals surface area contributed by atoms with E-state index in [1.165, 1.54) is 31.9 Å². The second kappa shape index (κ2) is 13.1. The third-order valence-corrected chi connectivity index (χ3v) is 8.89. The fraction of sp³-hybridized carbons (Fsp3) is 0.700. The molecule has 7 nitrogen and oxygen atoms in total. The summed E-state index contributed by atoms with van der Waals surface area (Å²) in [5.74, 6) is -2.02.